The van der Waals surface area contributed by atoms with Crippen molar-refractivity contribution in [3.05, 3.63) is 35.9 Å². The van der Waals surface area contributed by atoms with Crippen LogP contribution in [0, 0.1) is 12.8 Å². The van der Waals surface area contributed by atoms with E-state index >= 15 is 0 Å². The molecular formula is C17H22N8. The number of nitrogens with one attached hydrogen (secondary N) is 1. The van der Waals surface area contributed by atoms with Gasteiger partial charge in [-0.05, 0) is 25.0 Å². The van der Waals surface area contributed by atoms with Crippen molar-refractivity contribution < 1.29 is 0 Å². The third-order valence-corrected chi connectivity index (χ3v) is 4.50. The van der Waals surface area contributed by atoms with Gasteiger partial charge in [-0.2, -0.15) is 19.7 Å². The van der Waals surface area contributed by atoms with Gasteiger partial charge in [-0.15, -0.1) is 5.10 Å². The molecule has 4 heterocycles. The van der Waals surface area contributed by atoms with E-state index < -0.39 is 0 Å². The summed E-state index contributed by atoms with van der Waals surface area (Å²) < 4.78 is 1.76. The first-order valence-electron chi connectivity index (χ1n) is 8.60. The second-order valence-corrected chi connectivity index (χ2v) is 6.88. The van der Waals surface area contributed by atoms with Crippen LogP contribution in [0.1, 0.15) is 31.2 Å². The number of nitrogens with zero attached hydrogens (tertiary/aromatic N) is 7. The van der Waals surface area contributed by atoms with Gasteiger partial charge in [0, 0.05) is 31.6 Å². The molecule has 3 aromatic heterocycles. The van der Waals surface area contributed by atoms with Gasteiger partial charge in [-0.3, -0.25) is 0 Å². The van der Waals surface area contributed by atoms with Gasteiger partial charge in [0.25, 0.3) is 5.78 Å². The Balaban J connectivity index is 1.40. The number of hydrogen-bond donors (Lipinski definition) is 1. The molecule has 0 aromatic carbocycles. The first kappa shape index (κ1) is 15.7. The second kappa shape index (κ2) is 6.27. The summed E-state index contributed by atoms with van der Waals surface area (Å²) in [7, 11) is 0. The lowest BCUT2D eigenvalue weighted by molar-refractivity contribution is 0.424. The number of hydrogen-bond acceptors (Lipinski definition) is 7. The Labute approximate surface area is 146 Å². The average molecular weight is 338 g/mol. The van der Waals surface area contributed by atoms with E-state index in [9.17, 15) is 0 Å². The van der Waals surface area contributed by atoms with Crippen molar-refractivity contribution in [2.45, 2.75) is 26.7 Å². The maximum Gasteiger partial charge on any atom is 0.254 e. The van der Waals surface area contributed by atoms with Crippen LogP contribution in [0.3, 0.4) is 0 Å². The van der Waals surface area contributed by atoms with Crippen molar-refractivity contribution in [2.75, 3.05) is 29.9 Å². The van der Waals surface area contributed by atoms with E-state index in [1.54, 1.807) is 10.8 Å². The molecule has 130 valence electrons. The van der Waals surface area contributed by atoms with Crippen LogP contribution in [-0.2, 0) is 0 Å². The molecule has 0 unspecified atom stereocenters. The zero-order valence-corrected chi connectivity index (χ0v) is 14.7. The lowest BCUT2D eigenvalue weighted by atomic mass is 10.0. The van der Waals surface area contributed by atoms with Crippen LogP contribution in [0.4, 0.5) is 11.6 Å². The monoisotopic (exact) mass is 338 g/mol. The molecule has 0 saturated carbocycles. The molecule has 0 spiro atoms. The molecule has 1 fully saturated rings. The van der Waals surface area contributed by atoms with Crippen LogP contribution in [0.15, 0.2) is 24.5 Å². The fourth-order valence-corrected chi connectivity index (χ4v) is 2.95. The van der Waals surface area contributed by atoms with E-state index in [0.29, 0.717) is 17.6 Å². The Morgan fingerprint density at radius 2 is 2.08 bits per heavy atom. The van der Waals surface area contributed by atoms with E-state index in [1.807, 2.05) is 19.1 Å². The SMILES string of the molecule is Cc1ccc(N2CC(CNc3cc(C(C)C)nc4ncnn34)C2)nn1. The standard InChI is InChI=1S/C17H22N8/c1-11(2)14-6-16(25-17(21-14)19-10-20-25)18-7-13-8-24(9-13)15-5-4-12(3)22-23-15/h4-6,10-11,13,18H,7-9H2,1-3H3. The Morgan fingerprint density at radius 1 is 1.24 bits per heavy atom. The summed E-state index contributed by atoms with van der Waals surface area (Å²) in [5, 5.41) is 16.1. The van der Waals surface area contributed by atoms with Gasteiger partial charge in [0.1, 0.15) is 12.1 Å². The Hall–Kier alpha value is -2.77. The largest absolute Gasteiger partial charge is 0.369 e. The molecule has 1 aliphatic rings. The number of aryl methyl sites for hydroxylation is 1. The maximum atomic E-state index is 4.54. The molecule has 0 amide bonds. The minimum absolute atomic E-state index is 0.349. The Bertz CT molecular complexity index is 864. The van der Waals surface area contributed by atoms with Crippen molar-refractivity contribution in [3.63, 3.8) is 0 Å². The number of rotatable bonds is 5. The van der Waals surface area contributed by atoms with Crippen LogP contribution >= 0.6 is 0 Å². The van der Waals surface area contributed by atoms with Gasteiger partial charge in [0.05, 0.1) is 11.4 Å². The smallest absolute Gasteiger partial charge is 0.254 e. The highest BCUT2D eigenvalue weighted by Crippen LogP contribution is 2.23. The van der Waals surface area contributed by atoms with Gasteiger partial charge >= 0.3 is 0 Å². The minimum atomic E-state index is 0.349. The van der Waals surface area contributed by atoms with Gasteiger partial charge < -0.3 is 10.2 Å². The molecule has 8 nitrogen and oxygen atoms in total. The zero-order valence-electron chi connectivity index (χ0n) is 14.7. The van der Waals surface area contributed by atoms with Crippen LogP contribution in [0.25, 0.3) is 5.78 Å². The van der Waals surface area contributed by atoms with Crippen molar-refractivity contribution in [2.24, 2.45) is 5.92 Å². The summed E-state index contributed by atoms with van der Waals surface area (Å²) in [6, 6.07) is 6.09. The predicted octanol–water partition coefficient (Wildman–Crippen LogP) is 1.89. The predicted molar refractivity (Wildman–Crippen MR) is 95.8 cm³/mol. The molecule has 0 aliphatic carbocycles. The van der Waals surface area contributed by atoms with Gasteiger partial charge in [0.15, 0.2) is 5.82 Å². The summed E-state index contributed by atoms with van der Waals surface area (Å²) >= 11 is 0. The summed E-state index contributed by atoms with van der Waals surface area (Å²) in [5.41, 5.74) is 1.96. The molecule has 4 rings (SSSR count). The molecule has 0 atom stereocenters. The second-order valence-electron chi connectivity index (χ2n) is 6.88. The van der Waals surface area contributed by atoms with E-state index in [-0.39, 0.29) is 0 Å². The van der Waals surface area contributed by atoms with Gasteiger partial charge in [0.2, 0.25) is 0 Å². The lowest BCUT2D eigenvalue weighted by Gasteiger charge is -2.40. The van der Waals surface area contributed by atoms with E-state index in [4.69, 9.17) is 0 Å². The summed E-state index contributed by atoms with van der Waals surface area (Å²) in [4.78, 5) is 11.0. The van der Waals surface area contributed by atoms with Crippen molar-refractivity contribution in [3.8, 4) is 0 Å². The molecule has 1 N–H and O–H groups in total. The van der Waals surface area contributed by atoms with Crippen molar-refractivity contribution in [1.29, 1.82) is 0 Å². The minimum Gasteiger partial charge on any atom is -0.369 e. The van der Waals surface area contributed by atoms with E-state index in [0.717, 1.165) is 42.7 Å². The lowest BCUT2D eigenvalue weighted by Crippen LogP contribution is -2.50. The zero-order chi connectivity index (χ0) is 17.4. The highest BCUT2D eigenvalue weighted by atomic mass is 15.4. The third-order valence-electron chi connectivity index (χ3n) is 4.50. The molecule has 0 bridgehead atoms. The number of aromatic nitrogens is 6. The average Bonchev–Trinajstić information content (AvgIpc) is 3.03. The molecule has 0 radical (unpaired) electrons. The number of anilines is 2. The van der Waals surface area contributed by atoms with Crippen LogP contribution in [0.2, 0.25) is 0 Å². The van der Waals surface area contributed by atoms with Gasteiger partial charge in [-0.1, -0.05) is 13.8 Å². The first-order chi connectivity index (χ1) is 12.1. The molecule has 1 saturated heterocycles. The molecule has 8 heteroatoms. The topological polar surface area (TPSA) is 84.1 Å². The van der Waals surface area contributed by atoms with Crippen LogP contribution in [-0.4, -0.2) is 49.4 Å². The van der Waals surface area contributed by atoms with Crippen molar-refractivity contribution in [1.82, 2.24) is 29.8 Å². The third kappa shape index (κ3) is 3.11. The normalized spacial score (nSPS) is 15.0. The van der Waals surface area contributed by atoms with Gasteiger partial charge in [-0.25, -0.2) is 4.98 Å². The Kier molecular flexibility index (Phi) is 3.95. The highest BCUT2D eigenvalue weighted by Gasteiger charge is 2.28. The first-order valence-corrected chi connectivity index (χ1v) is 8.60. The molecule has 1 aliphatic heterocycles. The molecule has 3 aromatic rings. The summed E-state index contributed by atoms with van der Waals surface area (Å²) in [6.07, 6.45) is 1.54. The molecule has 25 heavy (non-hydrogen) atoms. The fraction of sp³-hybridized carbons (Fsp3) is 0.471. The number of fused-ring (bicyclic) bond motifs is 1. The molecular weight excluding hydrogens is 316 g/mol. The summed E-state index contributed by atoms with van der Waals surface area (Å²) in [5.74, 6) is 3.45. The van der Waals surface area contributed by atoms with E-state index in [2.05, 4.69) is 55.4 Å². The van der Waals surface area contributed by atoms with Crippen LogP contribution < -0.4 is 10.2 Å². The fourth-order valence-electron chi connectivity index (χ4n) is 2.95. The summed E-state index contributed by atoms with van der Waals surface area (Å²) in [6.45, 7) is 9.05. The Morgan fingerprint density at radius 3 is 2.80 bits per heavy atom. The highest BCUT2D eigenvalue weighted by molar-refractivity contribution is 5.46. The van der Waals surface area contributed by atoms with E-state index in [1.165, 1.54) is 0 Å². The maximum absolute atomic E-state index is 4.54. The quantitative estimate of drug-likeness (QED) is 0.760. The van der Waals surface area contributed by atoms with Crippen LogP contribution in [0.5, 0.6) is 0 Å². The van der Waals surface area contributed by atoms with Crippen molar-refractivity contribution >= 4 is 17.4 Å².